The predicted molar refractivity (Wildman–Crippen MR) is 92.3 cm³/mol. The molecule has 0 saturated heterocycles. The van der Waals surface area contributed by atoms with E-state index in [4.69, 9.17) is 4.74 Å². The number of ether oxygens (including phenoxy) is 1. The first-order chi connectivity index (χ1) is 12.3. The van der Waals surface area contributed by atoms with Gasteiger partial charge in [0.05, 0.1) is 11.9 Å². The van der Waals surface area contributed by atoms with Crippen molar-refractivity contribution >= 4 is 22.9 Å². The quantitative estimate of drug-likeness (QED) is 0.377. The van der Waals surface area contributed by atoms with Gasteiger partial charge < -0.3 is 9.30 Å². The van der Waals surface area contributed by atoms with E-state index in [0.717, 1.165) is 4.57 Å². The van der Waals surface area contributed by atoms with Gasteiger partial charge in [0.2, 0.25) is 0 Å². The summed E-state index contributed by atoms with van der Waals surface area (Å²) < 4.78 is 8.75. The summed E-state index contributed by atoms with van der Waals surface area (Å²) in [7, 11) is 2.84. The number of aromatic nitrogens is 4. The number of esters is 1. The monoisotopic (exact) mass is 356 g/mol. The number of hydrogen-bond acceptors (Lipinski definition) is 6. The Morgan fingerprint density at radius 1 is 1.12 bits per heavy atom. The highest BCUT2D eigenvalue weighted by atomic mass is 16.5. The zero-order chi connectivity index (χ0) is 19.0. The molecule has 26 heavy (non-hydrogen) atoms. The average molecular weight is 356 g/mol. The van der Waals surface area contributed by atoms with E-state index >= 15 is 0 Å². The van der Waals surface area contributed by atoms with E-state index in [1.165, 1.54) is 42.5 Å². The number of aryl methyl sites for hydroxylation is 1. The molecule has 0 aliphatic rings. The summed E-state index contributed by atoms with van der Waals surface area (Å²) in [5.41, 5.74) is -0.487. The molecule has 0 amide bonds. The molecule has 0 unspecified atom stereocenters. The lowest BCUT2D eigenvalue weighted by atomic mass is 10.1. The Morgan fingerprint density at radius 2 is 1.81 bits per heavy atom. The molecule has 2 aromatic heterocycles. The van der Waals surface area contributed by atoms with Gasteiger partial charge in [-0.05, 0) is 19.1 Å². The Hall–Kier alpha value is -3.49. The van der Waals surface area contributed by atoms with Crippen molar-refractivity contribution in [1.82, 2.24) is 18.7 Å². The summed E-state index contributed by atoms with van der Waals surface area (Å²) in [6, 6.07) is 6.39. The lowest BCUT2D eigenvalue weighted by Crippen LogP contribution is -2.37. The zero-order valence-electron chi connectivity index (χ0n) is 14.4. The van der Waals surface area contributed by atoms with Crippen LogP contribution in [0, 0.1) is 0 Å². The second-order valence-corrected chi connectivity index (χ2v) is 5.78. The highest BCUT2D eigenvalue weighted by Crippen LogP contribution is 2.19. The summed E-state index contributed by atoms with van der Waals surface area (Å²) in [4.78, 5) is 52.2. The van der Waals surface area contributed by atoms with Crippen molar-refractivity contribution in [1.29, 1.82) is 0 Å². The third kappa shape index (κ3) is 2.83. The normalized spacial score (nSPS) is 10.9. The third-order valence-electron chi connectivity index (χ3n) is 4.01. The standard InChI is InChI=1S/C17H16N4O5/c1-10(22)11-6-4-5-7-12(11)26-13(23)8-21-9-18-15-14(21)16(24)20(3)17(25)19(15)2/h4-7,9H,8H2,1-3H3. The van der Waals surface area contributed by atoms with Crippen molar-refractivity contribution in [2.24, 2.45) is 14.1 Å². The molecule has 0 fully saturated rings. The van der Waals surface area contributed by atoms with Gasteiger partial charge in [-0.3, -0.25) is 18.7 Å². The first-order valence-corrected chi connectivity index (χ1v) is 7.72. The van der Waals surface area contributed by atoms with Crippen LogP contribution in [0.4, 0.5) is 0 Å². The predicted octanol–water partition coefficient (Wildman–Crippen LogP) is 0.242. The fourth-order valence-corrected chi connectivity index (χ4v) is 2.66. The maximum absolute atomic E-state index is 12.4. The molecule has 2 heterocycles. The molecule has 9 heteroatoms. The summed E-state index contributed by atoms with van der Waals surface area (Å²) >= 11 is 0. The summed E-state index contributed by atoms with van der Waals surface area (Å²) in [5.74, 6) is -0.756. The van der Waals surface area contributed by atoms with Crippen LogP contribution in [0.3, 0.4) is 0 Å². The molecule has 0 aliphatic heterocycles. The van der Waals surface area contributed by atoms with E-state index in [2.05, 4.69) is 4.98 Å². The maximum atomic E-state index is 12.4. The molecule has 0 atom stereocenters. The number of rotatable bonds is 4. The van der Waals surface area contributed by atoms with Crippen molar-refractivity contribution in [2.75, 3.05) is 0 Å². The molecule has 1 aromatic carbocycles. The second kappa shape index (κ2) is 6.43. The number of fused-ring (bicyclic) bond motifs is 1. The van der Waals surface area contributed by atoms with Gasteiger partial charge in [0.25, 0.3) is 5.56 Å². The van der Waals surface area contributed by atoms with Crippen LogP contribution in [0.1, 0.15) is 17.3 Å². The van der Waals surface area contributed by atoms with Crippen LogP contribution in [-0.2, 0) is 25.4 Å². The van der Waals surface area contributed by atoms with Crippen LogP contribution in [0.5, 0.6) is 5.75 Å². The smallest absolute Gasteiger partial charge is 0.332 e. The molecule has 0 N–H and O–H groups in total. The molecule has 3 aromatic rings. The van der Waals surface area contributed by atoms with Crippen molar-refractivity contribution in [3.63, 3.8) is 0 Å². The number of carbonyl (C=O) groups is 2. The Morgan fingerprint density at radius 3 is 2.50 bits per heavy atom. The number of ketones is 1. The minimum atomic E-state index is -0.672. The van der Waals surface area contributed by atoms with Crippen LogP contribution in [0.25, 0.3) is 11.2 Å². The molecule has 134 valence electrons. The summed E-state index contributed by atoms with van der Waals surface area (Å²) in [6.07, 6.45) is 1.30. The van der Waals surface area contributed by atoms with Gasteiger partial charge in [0, 0.05) is 14.1 Å². The minimum Gasteiger partial charge on any atom is -0.424 e. The second-order valence-electron chi connectivity index (χ2n) is 5.78. The summed E-state index contributed by atoms with van der Waals surface area (Å²) in [5, 5.41) is 0. The van der Waals surface area contributed by atoms with Gasteiger partial charge in [-0.2, -0.15) is 0 Å². The number of para-hydroxylation sites is 1. The molecular formula is C17H16N4O5. The van der Waals surface area contributed by atoms with Crippen molar-refractivity contribution in [2.45, 2.75) is 13.5 Å². The van der Waals surface area contributed by atoms with Gasteiger partial charge in [0.15, 0.2) is 16.9 Å². The highest BCUT2D eigenvalue weighted by Gasteiger charge is 2.18. The topological polar surface area (TPSA) is 105 Å². The number of benzene rings is 1. The molecule has 0 saturated carbocycles. The number of carbonyl (C=O) groups excluding carboxylic acids is 2. The van der Waals surface area contributed by atoms with Gasteiger partial charge in [-0.15, -0.1) is 0 Å². The number of hydrogen-bond donors (Lipinski definition) is 0. The molecule has 0 bridgehead atoms. The number of nitrogens with zero attached hydrogens (tertiary/aromatic N) is 4. The van der Waals surface area contributed by atoms with Crippen LogP contribution in [-0.4, -0.2) is 30.4 Å². The zero-order valence-corrected chi connectivity index (χ0v) is 14.4. The Labute approximate surface area is 147 Å². The van der Waals surface area contributed by atoms with Crippen LogP contribution in [0.2, 0.25) is 0 Å². The maximum Gasteiger partial charge on any atom is 0.332 e. The largest absolute Gasteiger partial charge is 0.424 e. The summed E-state index contributed by atoms with van der Waals surface area (Å²) in [6.45, 7) is 1.08. The molecule has 0 aliphatic carbocycles. The highest BCUT2D eigenvalue weighted by molar-refractivity contribution is 5.97. The first-order valence-electron chi connectivity index (χ1n) is 7.72. The molecule has 9 nitrogen and oxygen atoms in total. The van der Waals surface area contributed by atoms with Crippen LogP contribution < -0.4 is 16.0 Å². The van der Waals surface area contributed by atoms with E-state index in [1.54, 1.807) is 18.2 Å². The van der Waals surface area contributed by atoms with E-state index < -0.39 is 17.2 Å². The molecule has 3 rings (SSSR count). The first kappa shape index (κ1) is 17.3. The van der Waals surface area contributed by atoms with Crippen LogP contribution in [0.15, 0.2) is 40.2 Å². The Kier molecular flexibility index (Phi) is 4.29. The van der Waals surface area contributed by atoms with Crippen molar-refractivity contribution in [3.05, 3.63) is 57.0 Å². The fourth-order valence-electron chi connectivity index (χ4n) is 2.66. The lowest BCUT2D eigenvalue weighted by Gasteiger charge is -2.09. The SMILES string of the molecule is CC(=O)c1ccccc1OC(=O)Cn1cnc2c1c(=O)n(C)c(=O)n2C. The van der Waals surface area contributed by atoms with E-state index in [-0.39, 0.29) is 34.8 Å². The van der Waals surface area contributed by atoms with Crippen molar-refractivity contribution < 1.29 is 14.3 Å². The van der Waals surface area contributed by atoms with E-state index in [0.29, 0.717) is 0 Å². The number of imidazole rings is 1. The van der Waals surface area contributed by atoms with Crippen LogP contribution >= 0.6 is 0 Å². The fraction of sp³-hybridized carbons (Fsp3) is 0.235. The minimum absolute atomic E-state index is 0.117. The molecule has 0 radical (unpaired) electrons. The van der Waals surface area contributed by atoms with Gasteiger partial charge in [-0.1, -0.05) is 12.1 Å². The lowest BCUT2D eigenvalue weighted by molar-refractivity contribution is -0.135. The number of Topliss-reactive ketones (excluding diaryl/α,β-unsaturated/α-hetero) is 1. The van der Waals surface area contributed by atoms with Gasteiger partial charge >= 0.3 is 11.7 Å². The van der Waals surface area contributed by atoms with E-state index in [9.17, 15) is 19.2 Å². The average Bonchev–Trinajstić information content (AvgIpc) is 3.02. The Bertz CT molecular complexity index is 1150. The molecular weight excluding hydrogens is 340 g/mol. The molecule has 0 spiro atoms. The van der Waals surface area contributed by atoms with Crippen molar-refractivity contribution in [3.8, 4) is 5.75 Å². The van der Waals surface area contributed by atoms with Gasteiger partial charge in [0.1, 0.15) is 12.3 Å². The van der Waals surface area contributed by atoms with E-state index in [1.807, 2.05) is 0 Å². The third-order valence-corrected chi connectivity index (χ3v) is 4.01. The Balaban J connectivity index is 1.96. The van der Waals surface area contributed by atoms with Gasteiger partial charge in [-0.25, -0.2) is 14.6 Å².